The Morgan fingerprint density at radius 2 is 1.59 bits per heavy atom. The number of piperidine rings is 2. The van der Waals surface area contributed by atoms with Gasteiger partial charge in [0.2, 0.25) is 0 Å². The number of Topliss-reactive ketones (excluding diaryl/α,β-unsaturated/α-hetero) is 1. The lowest BCUT2D eigenvalue weighted by Crippen LogP contribution is -2.52. The molecular weight excluding hydrogens is 354 g/mol. The van der Waals surface area contributed by atoms with Crippen LogP contribution in [-0.2, 0) is 6.54 Å². The normalized spacial score (nSPS) is 24.5. The van der Waals surface area contributed by atoms with Gasteiger partial charge in [-0.15, -0.1) is 0 Å². The number of aryl methyl sites for hydroxylation is 1. The van der Waals surface area contributed by atoms with Gasteiger partial charge >= 0.3 is 0 Å². The Kier molecular flexibility index (Phi) is 4.97. The van der Waals surface area contributed by atoms with Crippen LogP contribution in [0.25, 0.3) is 10.8 Å². The lowest BCUT2D eigenvalue weighted by molar-refractivity contribution is 0.00909. The first-order valence-corrected chi connectivity index (χ1v) is 11.0. The van der Waals surface area contributed by atoms with E-state index < -0.39 is 0 Å². The molecule has 2 heterocycles. The molecule has 0 amide bonds. The zero-order valence-electron chi connectivity index (χ0n) is 17.2. The molecule has 2 saturated heterocycles. The maximum Gasteiger partial charge on any atom is 0.166 e. The molecule has 2 nitrogen and oxygen atoms in total. The van der Waals surface area contributed by atoms with Gasteiger partial charge in [0.15, 0.2) is 5.78 Å². The first-order valence-electron chi connectivity index (χ1n) is 11.0. The minimum Gasteiger partial charge on any atom is -0.294 e. The number of carbonyl (C=O) groups is 1. The van der Waals surface area contributed by atoms with E-state index in [1.165, 1.54) is 30.2 Å². The molecule has 3 aromatic rings. The van der Waals surface area contributed by atoms with Crippen molar-refractivity contribution in [3.8, 4) is 0 Å². The van der Waals surface area contributed by atoms with Crippen LogP contribution in [0.4, 0.5) is 0 Å². The van der Waals surface area contributed by atoms with Gasteiger partial charge in [-0.1, -0.05) is 73.2 Å². The second kappa shape index (κ2) is 7.76. The first-order chi connectivity index (χ1) is 14.2. The Bertz CT molecular complexity index is 1010. The van der Waals surface area contributed by atoms with Crippen LogP contribution in [0.15, 0.2) is 66.7 Å². The van der Waals surface area contributed by atoms with Crippen molar-refractivity contribution in [1.29, 1.82) is 0 Å². The van der Waals surface area contributed by atoms with E-state index in [0.717, 1.165) is 35.9 Å². The van der Waals surface area contributed by atoms with E-state index >= 15 is 0 Å². The number of ketones is 1. The third-order valence-corrected chi connectivity index (χ3v) is 7.09. The highest BCUT2D eigenvalue weighted by Gasteiger charge is 2.41. The maximum atomic E-state index is 13.7. The van der Waals surface area contributed by atoms with Gasteiger partial charge in [0.1, 0.15) is 0 Å². The topological polar surface area (TPSA) is 20.3 Å². The maximum absolute atomic E-state index is 13.7. The molecule has 0 N–H and O–H groups in total. The summed E-state index contributed by atoms with van der Waals surface area (Å²) in [6, 6.07) is 24.5. The number of benzene rings is 3. The average molecular weight is 384 g/mol. The van der Waals surface area contributed by atoms with Crippen LogP contribution >= 0.6 is 0 Å². The van der Waals surface area contributed by atoms with Crippen LogP contribution in [0.1, 0.15) is 53.6 Å². The van der Waals surface area contributed by atoms with Gasteiger partial charge in [-0.25, -0.2) is 0 Å². The summed E-state index contributed by atoms with van der Waals surface area (Å²) in [7, 11) is 0. The number of rotatable bonds is 4. The van der Waals surface area contributed by atoms with Crippen LogP contribution in [0, 0.1) is 12.8 Å². The number of carbonyl (C=O) groups excluding carboxylic acids is 1. The Labute approximate surface area is 173 Å². The minimum atomic E-state index is 0.154. The summed E-state index contributed by atoms with van der Waals surface area (Å²) >= 11 is 0. The molecule has 0 radical (unpaired) electrons. The van der Waals surface area contributed by atoms with Crippen molar-refractivity contribution in [3.63, 3.8) is 0 Å². The zero-order valence-corrected chi connectivity index (χ0v) is 17.2. The van der Waals surface area contributed by atoms with Crippen LogP contribution in [0.2, 0.25) is 0 Å². The predicted octanol–water partition coefficient (Wildman–Crippen LogP) is 6.16. The van der Waals surface area contributed by atoms with Crippen molar-refractivity contribution < 1.29 is 4.79 Å². The molecule has 3 aromatic carbocycles. The van der Waals surface area contributed by atoms with Crippen LogP contribution in [0.5, 0.6) is 0 Å². The molecule has 2 heteroatoms. The molecule has 29 heavy (non-hydrogen) atoms. The van der Waals surface area contributed by atoms with Crippen molar-refractivity contribution in [3.05, 3.63) is 83.4 Å². The highest BCUT2D eigenvalue weighted by Crippen LogP contribution is 2.40. The lowest BCUT2D eigenvalue weighted by atomic mass is 9.74. The highest BCUT2D eigenvalue weighted by atomic mass is 16.1. The summed E-state index contributed by atoms with van der Waals surface area (Å²) in [4.78, 5) is 16.4. The first kappa shape index (κ1) is 18.6. The SMILES string of the molecule is Cc1ccc2ccccc2c1C(=O)C1CC2CCCC(C1)N2Cc1ccccc1. The van der Waals surface area contributed by atoms with E-state index in [2.05, 4.69) is 78.6 Å². The van der Waals surface area contributed by atoms with Gasteiger partial charge in [-0.2, -0.15) is 0 Å². The van der Waals surface area contributed by atoms with Crippen LogP contribution in [0.3, 0.4) is 0 Å². The zero-order chi connectivity index (χ0) is 19.8. The molecule has 0 saturated carbocycles. The van der Waals surface area contributed by atoms with Gasteiger partial charge in [0, 0.05) is 30.1 Å². The predicted molar refractivity (Wildman–Crippen MR) is 119 cm³/mol. The second-order valence-electron chi connectivity index (χ2n) is 8.91. The monoisotopic (exact) mass is 383 g/mol. The quantitative estimate of drug-likeness (QED) is 0.503. The van der Waals surface area contributed by atoms with Crippen LogP contribution < -0.4 is 0 Å². The highest BCUT2D eigenvalue weighted by molar-refractivity contribution is 6.10. The molecule has 2 fully saturated rings. The second-order valence-corrected chi connectivity index (χ2v) is 8.91. The third kappa shape index (κ3) is 3.51. The standard InChI is InChI=1S/C27H29NO/c1-19-14-15-21-10-5-6-13-25(21)26(19)27(29)22-16-23-11-7-12-24(17-22)28(23)18-20-8-3-2-4-9-20/h2-6,8-10,13-15,22-24H,7,11-12,16-18H2,1H3. The van der Waals surface area contributed by atoms with E-state index in [0.29, 0.717) is 17.9 Å². The summed E-state index contributed by atoms with van der Waals surface area (Å²) in [5.41, 5.74) is 3.47. The smallest absolute Gasteiger partial charge is 0.166 e. The molecular formula is C27H29NO. The summed E-state index contributed by atoms with van der Waals surface area (Å²) in [6.07, 6.45) is 5.76. The average Bonchev–Trinajstić information content (AvgIpc) is 2.74. The van der Waals surface area contributed by atoms with E-state index in [9.17, 15) is 4.79 Å². The van der Waals surface area contributed by atoms with E-state index in [4.69, 9.17) is 0 Å². The van der Waals surface area contributed by atoms with Crippen molar-refractivity contribution >= 4 is 16.6 Å². The van der Waals surface area contributed by atoms with E-state index in [-0.39, 0.29) is 5.92 Å². The molecule has 2 aliphatic heterocycles. The van der Waals surface area contributed by atoms with Crippen molar-refractivity contribution in [2.45, 2.75) is 57.7 Å². The molecule has 0 spiro atoms. The van der Waals surface area contributed by atoms with Crippen molar-refractivity contribution in [1.82, 2.24) is 4.90 Å². The third-order valence-electron chi connectivity index (χ3n) is 7.09. The van der Waals surface area contributed by atoms with Gasteiger partial charge in [-0.3, -0.25) is 9.69 Å². The Hall–Kier alpha value is -2.45. The van der Waals surface area contributed by atoms with E-state index in [1.54, 1.807) is 0 Å². The van der Waals surface area contributed by atoms with Gasteiger partial charge in [-0.05, 0) is 54.5 Å². The molecule has 0 aliphatic carbocycles. The van der Waals surface area contributed by atoms with Crippen molar-refractivity contribution in [2.24, 2.45) is 5.92 Å². The van der Waals surface area contributed by atoms with Crippen molar-refractivity contribution in [2.75, 3.05) is 0 Å². The Morgan fingerprint density at radius 3 is 2.34 bits per heavy atom. The molecule has 0 aromatic heterocycles. The summed E-state index contributed by atoms with van der Waals surface area (Å²) in [5.74, 6) is 0.525. The van der Waals surface area contributed by atoms with Crippen LogP contribution in [-0.4, -0.2) is 22.8 Å². The molecule has 5 rings (SSSR count). The summed E-state index contributed by atoms with van der Waals surface area (Å²) in [5, 5.41) is 2.29. The van der Waals surface area contributed by atoms with Gasteiger partial charge < -0.3 is 0 Å². The fourth-order valence-electron chi connectivity index (χ4n) is 5.66. The fourth-order valence-corrected chi connectivity index (χ4v) is 5.66. The number of hydrogen-bond acceptors (Lipinski definition) is 2. The van der Waals surface area contributed by atoms with Gasteiger partial charge in [0.25, 0.3) is 0 Å². The Balaban J connectivity index is 1.42. The Morgan fingerprint density at radius 1 is 0.897 bits per heavy atom. The molecule has 2 unspecified atom stereocenters. The summed E-state index contributed by atoms with van der Waals surface area (Å²) < 4.78 is 0. The lowest BCUT2D eigenvalue weighted by Gasteiger charge is -2.48. The minimum absolute atomic E-state index is 0.154. The molecule has 2 bridgehead atoms. The number of nitrogens with zero attached hydrogens (tertiary/aromatic N) is 1. The largest absolute Gasteiger partial charge is 0.294 e. The molecule has 2 aliphatic rings. The fraction of sp³-hybridized carbons (Fsp3) is 0.370. The summed E-state index contributed by atoms with van der Waals surface area (Å²) in [6.45, 7) is 3.11. The molecule has 148 valence electrons. The molecule has 2 atom stereocenters. The van der Waals surface area contributed by atoms with E-state index in [1.807, 2.05) is 0 Å². The number of hydrogen-bond donors (Lipinski definition) is 0. The van der Waals surface area contributed by atoms with Gasteiger partial charge in [0.05, 0.1) is 0 Å². The number of fused-ring (bicyclic) bond motifs is 3.